The molecule has 0 saturated heterocycles. The second-order valence-corrected chi connectivity index (χ2v) is 15.3. The third kappa shape index (κ3) is 5.34. The van der Waals surface area contributed by atoms with Gasteiger partial charge in [-0.15, -0.1) is 0 Å². The summed E-state index contributed by atoms with van der Waals surface area (Å²) in [7, 11) is 0. The lowest BCUT2D eigenvalue weighted by molar-refractivity contribution is 0.507. The summed E-state index contributed by atoms with van der Waals surface area (Å²) in [5, 5.41) is 2.29. The molecule has 0 radical (unpaired) electrons. The summed E-state index contributed by atoms with van der Waals surface area (Å²) < 4.78 is 6.40. The normalized spacial score (nSPS) is 15.6. The van der Waals surface area contributed by atoms with Gasteiger partial charge in [-0.05, 0) is 138 Å². The van der Waals surface area contributed by atoms with E-state index in [1.807, 2.05) is 6.07 Å². The molecule has 3 nitrogen and oxygen atoms in total. The van der Waals surface area contributed by atoms with Crippen LogP contribution in [-0.4, -0.2) is 0 Å². The maximum Gasteiger partial charge on any atom is 0.137 e. The first-order chi connectivity index (χ1) is 27.7. The smallest absolute Gasteiger partial charge is 0.137 e. The topological polar surface area (TPSA) is 19.6 Å². The van der Waals surface area contributed by atoms with Gasteiger partial charge in [0.05, 0.1) is 0 Å². The highest BCUT2D eigenvalue weighted by atomic mass is 16.3. The number of aryl methyl sites for hydroxylation is 2. The first-order valence-electron chi connectivity index (χ1n) is 19.8. The Kier molecular flexibility index (Phi) is 7.67. The minimum atomic E-state index is -0.0457. The molecule has 3 heteroatoms. The molecule has 11 rings (SSSR count). The van der Waals surface area contributed by atoms with Crippen molar-refractivity contribution in [2.45, 2.75) is 31.1 Å². The average Bonchev–Trinajstić information content (AvgIpc) is 3.95. The predicted octanol–water partition coefficient (Wildman–Crippen LogP) is 14.4. The molecule has 1 spiro atoms. The van der Waals surface area contributed by atoms with Crippen LogP contribution >= 0.6 is 0 Å². The number of hydrogen-bond donors (Lipinski definition) is 0. The Bertz CT molecular complexity index is 2880. The van der Waals surface area contributed by atoms with Crippen molar-refractivity contribution in [2.24, 2.45) is 0 Å². The van der Waals surface area contributed by atoms with Crippen molar-refractivity contribution in [1.29, 1.82) is 0 Å². The highest BCUT2D eigenvalue weighted by Crippen LogP contribution is 2.55. The molecule has 1 heterocycles. The average molecular weight is 721 g/mol. The van der Waals surface area contributed by atoms with Gasteiger partial charge in [-0.2, -0.15) is 0 Å². The van der Waals surface area contributed by atoms with E-state index in [9.17, 15) is 0 Å². The van der Waals surface area contributed by atoms with Crippen LogP contribution in [-0.2, 0) is 18.3 Å². The fraction of sp³-hybridized carbons (Fsp3) is 0.0943. The molecular weight excluding hydrogens is 681 g/mol. The second-order valence-electron chi connectivity index (χ2n) is 15.3. The van der Waals surface area contributed by atoms with Gasteiger partial charge in [-0.1, -0.05) is 109 Å². The number of nitrogens with zero attached hydrogens (tertiary/aromatic N) is 2. The van der Waals surface area contributed by atoms with E-state index in [1.54, 1.807) is 0 Å². The van der Waals surface area contributed by atoms with Crippen molar-refractivity contribution >= 4 is 56.1 Å². The Balaban J connectivity index is 1.03. The molecule has 56 heavy (non-hydrogen) atoms. The quantitative estimate of drug-likeness (QED) is 0.163. The fourth-order valence-corrected chi connectivity index (χ4v) is 9.60. The number of hydrogen-bond acceptors (Lipinski definition) is 3. The summed E-state index contributed by atoms with van der Waals surface area (Å²) in [5.41, 5.74) is 16.9. The number of rotatable bonds is 7. The standard InChI is InChI=1S/C53H40N2O/c1-4-13-37(14-5-1)40-15-12-20-43(33-40)54(41-16-6-2-7-17-41)44-25-23-38-29-31-53(49(38)34-44)32-30-39-24-26-45(35-50(39)53)55(42-18-8-3-9-19-42)46-27-28-48-47-21-10-11-22-51(47)56-52(48)36-46/h1-28,33-36H,29-32H2/t53-/m1/s1. The van der Waals surface area contributed by atoms with E-state index in [0.717, 1.165) is 70.4 Å². The Morgan fingerprint density at radius 2 is 0.839 bits per heavy atom. The monoisotopic (exact) mass is 720 g/mol. The van der Waals surface area contributed by atoms with Crippen LogP contribution in [0.1, 0.15) is 35.1 Å². The maximum atomic E-state index is 6.40. The highest BCUT2D eigenvalue weighted by molar-refractivity contribution is 6.06. The molecule has 0 amide bonds. The molecule has 2 aliphatic carbocycles. The lowest BCUT2D eigenvalue weighted by atomic mass is 9.76. The first kappa shape index (κ1) is 32.6. The molecule has 0 unspecified atom stereocenters. The zero-order valence-corrected chi connectivity index (χ0v) is 31.1. The van der Waals surface area contributed by atoms with Crippen LogP contribution in [0.4, 0.5) is 34.1 Å². The zero-order chi connectivity index (χ0) is 37.1. The molecular formula is C53H40N2O. The van der Waals surface area contributed by atoms with Gasteiger partial charge in [0.2, 0.25) is 0 Å². The van der Waals surface area contributed by atoms with Crippen LogP contribution < -0.4 is 9.80 Å². The Labute approximate surface area is 327 Å². The van der Waals surface area contributed by atoms with Crippen LogP contribution in [0.3, 0.4) is 0 Å². The van der Waals surface area contributed by atoms with Gasteiger partial charge in [-0.25, -0.2) is 0 Å². The predicted molar refractivity (Wildman–Crippen MR) is 232 cm³/mol. The van der Waals surface area contributed by atoms with Crippen molar-refractivity contribution in [3.05, 3.63) is 216 Å². The summed E-state index contributed by atoms with van der Waals surface area (Å²) in [6.45, 7) is 0. The molecule has 268 valence electrons. The van der Waals surface area contributed by atoms with E-state index in [0.29, 0.717) is 0 Å². The van der Waals surface area contributed by atoms with Crippen molar-refractivity contribution in [1.82, 2.24) is 0 Å². The Morgan fingerprint density at radius 1 is 0.357 bits per heavy atom. The van der Waals surface area contributed by atoms with E-state index in [2.05, 4.69) is 198 Å². The Hall–Kier alpha value is -6.84. The third-order valence-electron chi connectivity index (χ3n) is 12.2. The summed E-state index contributed by atoms with van der Waals surface area (Å²) in [6, 6.07) is 70.6. The number of benzene rings is 8. The van der Waals surface area contributed by atoms with E-state index in [1.165, 1.54) is 44.8 Å². The third-order valence-corrected chi connectivity index (χ3v) is 12.2. The molecule has 0 fully saturated rings. The highest BCUT2D eigenvalue weighted by Gasteiger charge is 2.45. The molecule has 1 atom stereocenters. The van der Waals surface area contributed by atoms with Gasteiger partial charge >= 0.3 is 0 Å². The lowest BCUT2D eigenvalue weighted by Crippen LogP contribution is -2.22. The van der Waals surface area contributed by atoms with E-state index >= 15 is 0 Å². The number of fused-ring (bicyclic) bond motifs is 7. The molecule has 0 bridgehead atoms. The van der Waals surface area contributed by atoms with E-state index < -0.39 is 0 Å². The minimum absolute atomic E-state index is 0.0457. The van der Waals surface area contributed by atoms with Crippen LogP contribution in [0.2, 0.25) is 0 Å². The molecule has 0 saturated carbocycles. The molecule has 8 aromatic carbocycles. The summed E-state index contributed by atoms with van der Waals surface area (Å²) in [5.74, 6) is 0. The summed E-state index contributed by atoms with van der Waals surface area (Å²) in [6.07, 6.45) is 4.40. The molecule has 9 aromatic rings. The molecule has 0 aliphatic heterocycles. The van der Waals surface area contributed by atoms with Crippen molar-refractivity contribution in [3.8, 4) is 11.1 Å². The van der Waals surface area contributed by atoms with Gasteiger partial charge in [0.25, 0.3) is 0 Å². The van der Waals surface area contributed by atoms with E-state index in [4.69, 9.17) is 4.42 Å². The van der Waals surface area contributed by atoms with Crippen LogP contribution in [0.25, 0.3) is 33.1 Å². The zero-order valence-electron chi connectivity index (χ0n) is 31.1. The van der Waals surface area contributed by atoms with Gasteiger partial charge in [0.15, 0.2) is 0 Å². The minimum Gasteiger partial charge on any atom is -0.456 e. The van der Waals surface area contributed by atoms with Gasteiger partial charge in [0, 0.05) is 56.4 Å². The first-order valence-corrected chi connectivity index (χ1v) is 19.8. The van der Waals surface area contributed by atoms with Crippen molar-refractivity contribution in [2.75, 3.05) is 9.80 Å². The van der Waals surface area contributed by atoms with Gasteiger partial charge in [-0.3, -0.25) is 0 Å². The molecule has 1 aromatic heterocycles. The van der Waals surface area contributed by atoms with Gasteiger partial charge < -0.3 is 14.2 Å². The summed E-state index contributed by atoms with van der Waals surface area (Å²) >= 11 is 0. The maximum absolute atomic E-state index is 6.40. The fourth-order valence-electron chi connectivity index (χ4n) is 9.60. The van der Waals surface area contributed by atoms with Crippen molar-refractivity contribution in [3.63, 3.8) is 0 Å². The number of furan rings is 1. The van der Waals surface area contributed by atoms with Crippen LogP contribution in [0.15, 0.2) is 199 Å². The van der Waals surface area contributed by atoms with E-state index in [-0.39, 0.29) is 5.41 Å². The SMILES string of the molecule is c1ccc(-c2cccc(N(c3ccccc3)c3ccc4c(c3)[C@@]3(CC4)CCc4ccc(N(c5ccccc5)c5ccc6c(c5)oc5ccccc56)cc43)c2)cc1. The molecule has 0 N–H and O–H groups in total. The largest absolute Gasteiger partial charge is 0.456 e. The second kappa shape index (κ2) is 13.2. The number of para-hydroxylation sites is 3. The van der Waals surface area contributed by atoms with Gasteiger partial charge in [0.1, 0.15) is 11.2 Å². The Morgan fingerprint density at radius 3 is 1.48 bits per heavy atom. The van der Waals surface area contributed by atoms with Crippen LogP contribution in [0, 0.1) is 0 Å². The summed E-state index contributed by atoms with van der Waals surface area (Å²) in [4.78, 5) is 4.82. The van der Waals surface area contributed by atoms with Crippen LogP contribution in [0.5, 0.6) is 0 Å². The molecule has 2 aliphatic rings. The number of anilines is 6. The van der Waals surface area contributed by atoms with Crippen molar-refractivity contribution < 1.29 is 4.42 Å². The lowest BCUT2D eigenvalue weighted by Gasteiger charge is -2.31.